The zero-order chi connectivity index (χ0) is 12.8. The molecular weight excluding hydrogens is 240 g/mol. The summed E-state index contributed by atoms with van der Waals surface area (Å²) in [5.41, 5.74) is 2.65. The molecule has 19 heavy (non-hydrogen) atoms. The number of benzene rings is 2. The maximum atomic E-state index is 12.2. The molecule has 0 amide bonds. The summed E-state index contributed by atoms with van der Waals surface area (Å²) in [6, 6.07) is 15.1. The van der Waals surface area contributed by atoms with Gasteiger partial charge in [0.05, 0.1) is 5.56 Å². The third-order valence-electron chi connectivity index (χ3n) is 3.45. The number of hydrogen-bond acceptors (Lipinski definition) is 3. The van der Waals surface area contributed by atoms with Crippen LogP contribution in [0.25, 0.3) is 22.1 Å². The number of para-hydroxylation sites is 2. The minimum absolute atomic E-state index is 0.301. The third kappa shape index (κ3) is 1.41. The van der Waals surface area contributed by atoms with Crippen molar-refractivity contribution in [1.82, 2.24) is 0 Å². The SMILES string of the molecule is O=c1oc2ccccc2c2c1-c1ccccc1OC2. The van der Waals surface area contributed by atoms with Gasteiger partial charge >= 0.3 is 5.63 Å². The highest BCUT2D eigenvalue weighted by atomic mass is 16.5. The van der Waals surface area contributed by atoms with Crippen molar-refractivity contribution in [2.45, 2.75) is 6.61 Å². The largest absolute Gasteiger partial charge is 0.488 e. The molecule has 3 heteroatoms. The van der Waals surface area contributed by atoms with Gasteiger partial charge in [0.15, 0.2) is 0 Å². The Morgan fingerprint density at radius 2 is 1.74 bits per heavy atom. The van der Waals surface area contributed by atoms with Crippen molar-refractivity contribution < 1.29 is 9.15 Å². The first-order valence-electron chi connectivity index (χ1n) is 6.11. The average Bonchev–Trinajstić information content (AvgIpc) is 2.46. The molecule has 0 radical (unpaired) electrons. The number of rotatable bonds is 0. The lowest BCUT2D eigenvalue weighted by molar-refractivity contribution is 0.302. The smallest absolute Gasteiger partial charge is 0.344 e. The van der Waals surface area contributed by atoms with E-state index in [0.717, 1.165) is 22.3 Å². The molecule has 92 valence electrons. The van der Waals surface area contributed by atoms with E-state index in [0.29, 0.717) is 17.8 Å². The summed E-state index contributed by atoms with van der Waals surface area (Å²) in [5.74, 6) is 0.734. The number of ether oxygens (including phenoxy) is 1. The highest BCUT2D eigenvalue weighted by Crippen LogP contribution is 2.37. The molecule has 1 aliphatic rings. The second kappa shape index (κ2) is 3.72. The zero-order valence-electron chi connectivity index (χ0n) is 10.1. The Balaban J connectivity index is 2.18. The van der Waals surface area contributed by atoms with Crippen molar-refractivity contribution in [3.05, 3.63) is 64.5 Å². The van der Waals surface area contributed by atoms with Gasteiger partial charge in [-0.25, -0.2) is 4.79 Å². The molecule has 2 heterocycles. The van der Waals surface area contributed by atoms with Gasteiger partial charge in [-0.05, 0) is 12.1 Å². The monoisotopic (exact) mass is 250 g/mol. The molecule has 2 aromatic carbocycles. The highest BCUT2D eigenvalue weighted by molar-refractivity contribution is 5.88. The standard InChI is InChI=1S/C16H10O3/c17-16-15-11-6-2-3-7-13(11)18-9-12(15)10-5-1-4-8-14(10)19-16/h1-8H,9H2. The molecule has 0 atom stereocenters. The molecule has 3 aromatic rings. The predicted octanol–water partition coefficient (Wildman–Crippen LogP) is 3.35. The minimum atomic E-state index is -0.301. The topological polar surface area (TPSA) is 39.4 Å². The summed E-state index contributed by atoms with van der Waals surface area (Å²) in [7, 11) is 0. The summed E-state index contributed by atoms with van der Waals surface area (Å²) in [4.78, 5) is 12.2. The molecule has 0 aliphatic carbocycles. The van der Waals surface area contributed by atoms with E-state index in [9.17, 15) is 4.79 Å². The summed E-state index contributed by atoms with van der Waals surface area (Å²) in [6.07, 6.45) is 0. The Hall–Kier alpha value is -2.55. The predicted molar refractivity (Wildman–Crippen MR) is 72.3 cm³/mol. The fourth-order valence-corrected chi connectivity index (χ4v) is 2.59. The van der Waals surface area contributed by atoms with E-state index in [4.69, 9.17) is 9.15 Å². The summed E-state index contributed by atoms with van der Waals surface area (Å²) in [5, 5.41) is 0.937. The van der Waals surface area contributed by atoms with Crippen LogP contribution >= 0.6 is 0 Å². The van der Waals surface area contributed by atoms with Crippen molar-refractivity contribution >= 4 is 11.0 Å². The maximum Gasteiger partial charge on any atom is 0.344 e. The van der Waals surface area contributed by atoms with Crippen LogP contribution in [0.2, 0.25) is 0 Å². The fourth-order valence-electron chi connectivity index (χ4n) is 2.59. The lowest BCUT2D eigenvalue weighted by atomic mass is 9.96. The number of hydrogen-bond donors (Lipinski definition) is 0. The molecule has 1 aromatic heterocycles. The van der Waals surface area contributed by atoms with Gasteiger partial charge in [-0.3, -0.25) is 0 Å². The van der Waals surface area contributed by atoms with E-state index in [-0.39, 0.29) is 5.63 Å². The van der Waals surface area contributed by atoms with Gasteiger partial charge in [-0.1, -0.05) is 36.4 Å². The van der Waals surface area contributed by atoms with Gasteiger partial charge in [0.1, 0.15) is 17.9 Å². The molecule has 3 nitrogen and oxygen atoms in total. The van der Waals surface area contributed by atoms with Gasteiger partial charge < -0.3 is 9.15 Å². The van der Waals surface area contributed by atoms with Crippen LogP contribution in [0.4, 0.5) is 0 Å². The summed E-state index contributed by atoms with van der Waals surface area (Å²) in [6.45, 7) is 0.401. The average molecular weight is 250 g/mol. The Morgan fingerprint density at radius 1 is 0.947 bits per heavy atom. The van der Waals surface area contributed by atoms with Crippen molar-refractivity contribution in [3.8, 4) is 16.9 Å². The summed E-state index contributed by atoms with van der Waals surface area (Å²) >= 11 is 0. The Labute approximate surface area is 109 Å². The molecule has 0 fully saturated rings. The van der Waals surface area contributed by atoms with Gasteiger partial charge in [-0.15, -0.1) is 0 Å². The lowest BCUT2D eigenvalue weighted by Gasteiger charge is -2.20. The normalized spacial score (nSPS) is 12.6. The molecule has 0 saturated carbocycles. The van der Waals surface area contributed by atoms with E-state index >= 15 is 0 Å². The second-order valence-electron chi connectivity index (χ2n) is 4.52. The Kier molecular flexibility index (Phi) is 2.03. The summed E-state index contributed by atoms with van der Waals surface area (Å²) < 4.78 is 11.1. The number of fused-ring (bicyclic) bond motifs is 5. The van der Waals surface area contributed by atoms with E-state index in [1.165, 1.54) is 0 Å². The Morgan fingerprint density at radius 3 is 2.68 bits per heavy atom. The van der Waals surface area contributed by atoms with Crippen LogP contribution in [0.15, 0.2) is 57.7 Å². The highest BCUT2D eigenvalue weighted by Gasteiger charge is 2.23. The molecule has 0 bridgehead atoms. The first-order chi connectivity index (χ1) is 9.34. The van der Waals surface area contributed by atoms with Crippen molar-refractivity contribution in [2.24, 2.45) is 0 Å². The van der Waals surface area contributed by atoms with E-state index in [1.807, 2.05) is 42.5 Å². The molecule has 1 aliphatic heterocycles. The van der Waals surface area contributed by atoms with Gasteiger partial charge in [0.2, 0.25) is 0 Å². The molecular formula is C16H10O3. The fraction of sp³-hybridized carbons (Fsp3) is 0.0625. The molecule has 0 N–H and O–H groups in total. The van der Waals surface area contributed by atoms with E-state index in [2.05, 4.69) is 0 Å². The molecule has 0 saturated heterocycles. The first kappa shape index (κ1) is 10.4. The lowest BCUT2D eigenvalue weighted by Crippen LogP contribution is -2.14. The van der Waals surface area contributed by atoms with Crippen LogP contribution in [0, 0.1) is 0 Å². The van der Waals surface area contributed by atoms with Gasteiger partial charge in [-0.2, -0.15) is 0 Å². The van der Waals surface area contributed by atoms with E-state index in [1.54, 1.807) is 6.07 Å². The van der Waals surface area contributed by atoms with Crippen LogP contribution in [-0.2, 0) is 6.61 Å². The van der Waals surface area contributed by atoms with Crippen LogP contribution in [-0.4, -0.2) is 0 Å². The second-order valence-corrected chi connectivity index (χ2v) is 4.52. The third-order valence-corrected chi connectivity index (χ3v) is 3.45. The zero-order valence-corrected chi connectivity index (χ0v) is 10.1. The van der Waals surface area contributed by atoms with Crippen LogP contribution < -0.4 is 10.4 Å². The van der Waals surface area contributed by atoms with Gasteiger partial charge in [0.25, 0.3) is 0 Å². The van der Waals surface area contributed by atoms with Gasteiger partial charge in [0, 0.05) is 16.5 Å². The quantitative estimate of drug-likeness (QED) is 0.574. The maximum absolute atomic E-state index is 12.2. The van der Waals surface area contributed by atoms with E-state index < -0.39 is 0 Å². The minimum Gasteiger partial charge on any atom is -0.488 e. The molecule has 4 rings (SSSR count). The van der Waals surface area contributed by atoms with Crippen molar-refractivity contribution in [1.29, 1.82) is 0 Å². The molecule has 0 spiro atoms. The van der Waals surface area contributed by atoms with Crippen LogP contribution in [0.1, 0.15) is 5.56 Å². The van der Waals surface area contributed by atoms with Crippen molar-refractivity contribution in [3.63, 3.8) is 0 Å². The Bertz CT molecular complexity index is 846. The first-order valence-corrected chi connectivity index (χ1v) is 6.11. The molecule has 0 unspecified atom stereocenters. The van der Waals surface area contributed by atoms with Crippen molar-refractivity contribution in [2.75, 3.05) is 0 Å². The van der Waals surface area contributed by atoms with Crippen LogP contribution in [0.3, 0.4) is 0 Å². The van der Waals surface area contributed by atoms with Crippen LogP contribution in [0.5, 0.6) is 5.75 Å².